The molecule has 0 radical (unpaired) electrons. The summed E-state index contributed by atoms with van der Waals surface area (Å²) in [5, 5.41) is 18.0. The first-order valence-electron chi connectivity index (χ1n) is 13.6. The first-order chi connectivity index (χ1) is 21.3. The number of carbonyl (C=O) groups excluding carboxylic acids is 1. The van der Waals surface area contributed by atoms with Crippen LogP contribution in [0.4, 0.5) is 11.4 Å². The van der Waals surface area contributed by atoms with Gasteiger partial charge in [-0.05, 0) is 59.2 Å². The number of thiocarbonyl (C=S) groups is 1. The Morgan fingerprint density at radius 3 is 2.18 bits per heavy atom. The standard InChI is InChI=1S/C30H29N3O10S/c1-37-20-9-15(5-6-19(20)33(35)36)31-30(44)32-27-17-11-22-21(42-13-43-22)10-16(17)25(26-18(27)12-41-29(26)34)14-7-23(38-2)28(40-4)24(8-14)39-3/h5-11,18,25-27H,12-13H2,1-4H3,(H2,31,32,44)/t18-,25+,26-,27+/m0/s1. The van der Waals surface area contributed by atoms with E-state index in [1.165, 1.54) is 46.6 Å². The van der Waals surface area contributed by atoms with E-state index in [1.54, 1.807) is 0 Å². The van der Waals surface area contributed by atoms with E-state index in [-0.39, 0.29) is 41.8 Å². The largest absolute Gasteiger partial charge is 0.493 e. The van der Waals surface area contributed by atoms with Crippen LogP contribution in [0.1, 0.15) is 28.7 Å². The second kappa shape index (κ2) is 11.6. The van der Waals surface area contributed by atoms with E-state index in [2.05, 4.69) is 10.6 Å². The van der Waals surface area contributed by atoms with Crippen LogP contribution in [0.5, 0.6) is 34.5 Å². The zero-order valence-corrected chi connectivity index (χ0v) is 25.0. The van der Waals surface area contributed by atoms with Crippen molar-refractivity contribution in [3.8, 4) is 34.5 Å². The fourth-order valence-electron chi connectivity index (χ4n) is 6.24. The van der Waals surface area contributed by atoms with Gasteiger partial charge in [-0.25, -0.2) is 0 Å². The molecule has 0 aromatic heterocycles. The molecule has 0 saturated carbocycles. The first kappa shape index (κ1) is 29.1. The summed E-state index contributed by atoms with van der Waals surface area (Å²) in [6.45, 7) is 0.228. The topological polar surface area (TPSA) is 149 Å². The smallest absolute Gasteiger partial charge is 0.311 e. The molecule has 2 heterocycles. The average Bonchev–Trinajstić information content (AvgIpc) is 3.65. The predicted molar refractivity (Wildman–Crippen MR) is 160 cm³/mol. The van der Waals surface area contributed by atoms with Crippen LogP contribution in [0.2, 0.25) is 0 Å². The highest BCUT2D eigenvalue weighted by Crippen LogP contribution is 2.55. The number of nitrogens with one attached hydrogen (secondary N) is 2. The van der Waals surface area contributed by atoms with Crippen molar-refractivity contribution < 1.29 is 42.9 Å². The van der Waals surface area contributed by atoms with Gasteiger partial charge in [-0.15, -0.1) is 0 Å². The number of benzene rings is 3. The van der Waals surface area contributed by atoms with E-state index in [4.69, 9.17) is 45.4 Å². The Kier molecular flexibility index (Phi) is 7.67. The summed E-state index contributed by atoms with van der Waals surface area (Å²) in [6.07, 6.45) is 0. The molecular weight excluding hydrogens is 594 g/mol. The van der Waals surface area contributed by atoms with E-state index in [0.717, 1.165) is 16.7 Å². The number of anilines is 1. The van der Waals surface area contributed by atoms with Crippen LogP contribution in [-0.4, -0.2) is 57.8 Å². The Bertz CT molecular complexity index is 1640. The molecular formula is C30H29N3O10S. The van der Waals surface area contributed by atoms with E-state index in [1.807, 2.05) is 24.3 Å². The molecule has 1 saturated heterocycles. The van der Waals surface area contributed by atoms with Crippen molar-refractivity contribution in [2.45, 2.75) is 12.0 Å². The molecule has 14 heteroatoms. The van der Waals surface area contributed by atoms with Gasteiger partial charge in [0.2, 0.25) is 12.5 Å². The van der Waals surface area contributed by atoms with Gasteiger partial charge >= 0.3 is 11.7 Å². The van der Waals surface area contributed by atoms with E-state index >= 15 is 0 Å². The molecule has 0 amide bonds. The van der Waals surface area contributed by atoms with Gasteiger partial charge < -0.3 is 43.8 Å². The highest BCUT2D eigenvalue weighted by atomic mass is 32.1. The van der Waals surface area contributed by atoms with Gasteiger partial charge in [-0.1, -0.05) is 0 Å². The number of carbonyl (C=O) groups is 1. The predicted octanol–water partition coefficient (Wildman–Crippen LogP) is 4.32. The van der Waals surface area contributed by atoms with Gasteiger partial charge in [0, 0.05) is 29.7 Å². The number of cyclic esters (lactones) is 1. The lowest BCUT2D eigenvalue weighted by molar-refractivity contribution is -0.385. The second-order valence-electron chi connectivity index (χ2n) is 10.3. The molecule has 0 unspecified atom stereocenters. The lowest BCUT2D eigenvalue weighted by Gasteiger charge is -2.40. The molecule has 2 N–H and O–H groups in total. The Balaban J connectivity index is 1.42. The zero-order chi connectivity index (χ0) is 31.1. The number of esters is 1. The van der Waals surface area contributed by atoms with Crippen molar-refractivity contribution in [1.29, 1.82) is 0 Å². The van der Waals surface area contributed by atoms with Crippen molar-refractivity contribution in [1.82, 2.24) is 5.32 Å². The zero-order valence-electron chi connectivity index (χ0n) is 24.2. The summed E-state index contributed by atoms with van der Waals surface area (Å²) in [6, 6.07) is 11.4. The van der Waals surface area contributed by atoms with Crippen molar-refractivity contribution in [2.24, 2.45) is 11.8 Å². The summed E-state index contributed by atoms with van der Waals surface area (Å²) in [7, 11) is 5.96. The quantitative estimate of drug-likeness (QED) is 0.159. The van der Waals surface area contributed by atoms with Gasteiger partial charge in [0.1, 0.15) is 0 Å². The number of hydrogen-bond acceptors (Lipinski definition) is 11. The van der Waals surface area contributed by atoms with Crippen molar-refractivity contribution in [2.75, 3.05) is 47.2 Å². The molecule has 0 bridgehead atoms. The highest BCUT2D eigenvalue weighted by molar-refractivity contribution is 7.80. The first-order valence-corrected chi connectivity index (χ1v) is 14.0. The Morgan fingerprint density at radius 2 is 1.57 bits per heavy atom. The number of nitrogens with zero attached hydrogens (tertiary/aromatic N) is 1. The van der Waals surface area contributed by atoms with E-state index in [9.17, 15) is 14.9 Å². The Hall–Kier alpha value is -4.98. The SMILES string of the molecule is COc1cc(NC(=S)N[C@@H]2c3cc4c(cc3[C@@H](c3cc(OC)c(OC)c(OC)c3)[C@H]3C(=O)OC[C@@H]32)OCO4)ccc1[N+](=O)[O-]. The van der Waals surface area contributed by atoms with Crippen molar-refractivity contribution in [3.63, 3.8) is 0 Å². The highest BCUT2D eigenvalue weighted by Gasteiger charge is 2.53. The summed E-state index contributed by atoms with van der Waals surface area (Å²) >= 11 is 5.69. The number of ether oxygens (including phenoxy) is 7. The lowest BCUT2D eigenvalue weighted by Crippen LogP contribution is -2.44. The maximum absolute atomic E-state index is 13.4. The molecule has 4 atom stereocenters. The van der Waals surface area contributed by atoms with Gasteiger partial charge in [-0.3, -0.25) is 14.9 Å². The number of nitro benzene ring substituents is 1. The molecule has 3 aliphatic rings. The monoisotopic (exact) mass is 623 g/mol. The lowest BCUT2D eigenvalue weighted by atomic mass is 9.65. The third-order valence-electron chi connectivity index (χ3n) is 8.15. The molecule has 0 spiro atoms. The van der Waals surface area contributed by atoms with Gasteiger partial charge in [0.05, 0.1) is 51.9 Å². The minimum Gasteiger partial charge on any atom is -0.493 e. The van der Waals surface area contributed by atoms with Gasteiger partial charge in [0.15, 0.2) is 33.9 Å². The second-order valence-corrected chi connectivity index (χ2v) is 10.7. The van der Waals surface area contributed by atoms with Crippen LogP contribution < -0.4 is 39.1 Å². The third-order valence-corrected chi connectivity index (χ3v) is 8.37. The van der Waals surface area contributed by atoms with Crippen LogP contribution in [0.3, 0.4) is 0 Å². The van der Waals surface area contributed by atoms with Gasteiger partial charge in [0.25, 0.3) is 0 Å². The fourth-order valence-corrected chi connectivity index (χ4v) is 6.49. The maximum Gasteiger partial charge on any atom is 0.311 e. The maximum atomic E-state index is 13.4. The molecule has 3 aromatic carbocycles. The average molecular weight is 624 g/mol. The Labute approximate surface area is 257 Å². The van der Waals surface area contributed by atoms with Crippen LogP contribution in [-0.2, 0) is 9.53 Å². The molecule has 1 fully saturated rings. The number of nitro groups is 1. The molecule has 230 valence electrons. The molecule has 3 aromatic rings. The fraction of sp³-hybridized carbons (Fsp3) is 0.333. The minimum absolute atomic E-state index is 0.0714. The van der Waals surface area contributed by atoms with Crippen molar-refractivity contribution in [3.05, 3.63) is 69.3 Å². The number of hydrogen-bond donors (Lipinski definition) is 2. The summed E-state index contributed by atoms with van der Waals surface area (Å²) < 4.78 is 39.1. The molecule has 2 aliphatic heterocycles. The van der Waals surface area contributed by atoms with Crippen LogP contribution in [0, 0.1) is 22.0 Å². The molecule has 13 nitrogen and oxygen atoms in total. The molecule has 1 aliphatic carbocycles. The minimum atomic E-state index is -0.592. The van der Waals surface area contributed by atoms with Crippen LogP contribution >= 0.6 is 12.2 Å². The van der Waals surface area contributed by atoms with E-state index < -0.39 is 22.8 Å². The summed E-state index contributed by atoms with van der Waals surface area (Å²) in [5.41, 5.74) is 2.75. The normalized spacial score (nSPS) is 21.0. The van der Waals surface area contributed by atoms with Gasteiger partial charge in [-0.2, -0.15) is 0 Å². The number of rotatable bonds is 8. The third kappa shape index (κ3) is 4.90. The summed E-state index contributed by atoms with van der Waals surface area (Å²) in [5.74, 6) is 0.842. The van der Waals surface area contributed by atoms with Crippen LogP contribution in [0.15, 0.2) is 42.5 Å². The van der Waals surface area contributed by atoms with E-state index in [0.29, 0.717) is 34.4 Å². The molecule has 6 rings (SSSR count). The van der Waals surface area contributed by atoms with Crippen LogP contribution in [0.25, 0.3) is 0 Å². The number of methoxy groups -OCH3 is 4. The number of fused-ring (bicyclic) bond motifs is 3. The van der Waals surface area contributed by atoms with Crippen molar-refractivity contribution >= 4 is 34.7 Å². The molecule has 44 heavy (non-hydrogen) atoms. The summed E-state index contributed by atoms with van der Waals surface area (Å²) in [4.78, 5) is 24.2. The Morgan fingerprint density at radius 1 is 0.909 bits per heavy atom.